The van der Waals surface area contributed by atoms with Crippen LogP contribution in [-0.2, 0) is 11.8 Å². The number of amides is 2. The quantitative estimate of drug-likeness (QED) is 0.461. The summed E-state index contributed by atoms with van der Waals surface area (Å²) in [6.45, 7) is 3.36. The van der Waals surface area contributed by atoms with Gasteiger partial charge in [0.15, 0.2) is 0 Å². The first kappa shape index (κ1) is 23.3. The van der Waals surface area contributed by atoms with Crippen LogP contribution >= 0.6 is 23.2 Å². The first-order valence-electron chi connectivity index (χ1n) is 10.0. The number of aliphatic hydroxyl groups is 1. The van der Waals surface area contributed by atoms with Gasteiger partial charge in [0.2, 0.25) is 0 Å². The van der Waals surface area contributed by atoms with E-state index in [1.54, 1.807) is 43.7 Å². The molecular weight excluding hydrogens is 441 g/mol. The Balaban J connectivity index is 1.81. The molecule has 1 fully saturated rings. The van der Waals surface area contributed by atoms with Gasteiger partial charge in [-0.15, -0.1) is 0 Å². The molecule has 3 N–H and O–H groups in total. The van der Waals surface area contributed by atoms with E-state index in [1.807, 2.05) is 0 Å². The van der Waals surface area contributed by atoms with Crippen molar-refractivity contribution in [2.45, 2.75) is 51.7 Å². The van der Waals surface area contributed by atoms with Crippen LogP contribution < -0.4 is 10.6 Å². The molecule has 1 aromatic carbocycles. The molecule has 0 radical (unpaired) electrons. The smallest absolute Gasteiger partial charge is 0.294 e. The fourth-order valence-electron chi connectivity index (χ4n) is 4.03. The van der Waals surface area contributed by atoms with E-state index in [9.17, 15) is 19.5 Å². The Labute approximate surface area is 190 Å². The zero-order valence-electron chi connectivity index (χ0n) is 17.6. The number of carbonyl (C=O) groups is 3. The number of hydrogen-bond donors (Lipinski definition) is 3. The number of ketones is 1. The summed E-state index contributed by atoms with van der Waals surface area (Å²) in [6, 6.07) is 4.55. The Kier molecular flexibility index (Phi) is 7.09. The number of anilines is 1. The van der Waals surface area contributed by atoms with Crippen molar-refractivity contribution in [2.75, 3.05) is 5.32 Å². The van der Waals surface area contributed by atoms with Crippen LogP contribution in [0.25, 0.3) is 0 Å². The van der Waals surface area contributed by atoms with Gasteiger partial charge in [-0.3, -0.25) is 14.4 Å². The number of hydrogen-bond acceptors (Lipinski definition) is 4. The number of Topliss-reactive ketones (excluding diaryl/α,β-unsaturated/α-hetero) is 1. The van der Waals surface area contributed by atoms with E-state index in [-0.39, 0.29) is 17.8 Å². The molecule has 1 saturated carbocycles. The minimum Gasteiger partial charge on any atom is -0.393 e. The first-order chi connectivity index (χ1) is 14.6. The standard InChI is InChI=1S/C22H25Cl2N3O4/c1-11-18(21(30)26-16-9-13(23)8-14(24)10-16)12(2)27(3)19(11)20(29)22(31)25-15-4-6-17(28)7-5-15/h8-10,15,17,28H,4-7H2,1-3H3,(H,25,31)(H,26,30)/t15-,17+. The second-order valence-corrected chi connectivity index (χ2v) is 8.79. The zero-order chi connectivity index (χ0) is 22.9. The first-order valence-corrected chi connectivity index (χ1v) is 10.8. The monoisotopic (exact) mass is 465 g/mol. The number of carbonyl (C=O) groups excluding carboxylic acids is 3. The number of halogens is 2. The van der Waals surface area contributed by atoms with Gasteiger partial charge in [0, 0.05) is 34.5 Å². The third kappa shape index (κ3) is 5.11. The van der Waals surface area contributed by atoms with Crippen molar-refractivity contribution in [1.82, 2.24) is 9.88 Å². The van der Waals surface area contributed by atoms with Crippen LogP contribution in [0, 0.1) is 13.8 Å². The van der Waals surface area contributed by atoms with Crippen molar-refractivity contribution >= 4 is 46.5 Å². The molecule has 0 bridgehead atoms. The third-order valence-corrected chi connectivity index (χ3v) is 6.17. The van der Waals surface area contributed by atoms with Crippen molar-refractivity contribution in [3.8, 4) is 0 Å². The van der Waals surface area contributed by atoms with Gasteiger partial charge in [0.25, 0.3) is 17.6 Å². The molecule has 1 aromatic heterocycles. The topological polar surface area (TPSA) is 100 Å². The Morgan fingerprint density at radius 2 is 1.61 bits per heavy atom. The lowest BCUT2D eigenvalue weighted by Crippen LogP contribution is -2.42. The van der Waals surface area contributed by atoms with Gasteiger partial charge in [0.05, 0.1) is 17.4 Å². The molecule has 2 amide bonds. The van der Waals surface area contributed by atoms with Crippen LogP contribution in [0.5, 0.6) is 0 Å². The molecule has 1 heterocycles. The molecule has 9 heteroatoms. The third-order valence-electron chi connectivity index (χ3n) is 5.73. The van der Waals surface area contributed by atoms with Gasteiger partial charge >= 0.3 is 0 Å². The van der Waals surface area contributed by atoms with Crippen LogP contribution in [0.15, 0.2) is 18.2 Å². The van der Waals surface area contributed by atoms with Crippen LogP contribution in [0.4, 0.5) is 5.69 Å². The lowest BCUT2D eigenvalue weighted by atomic mass is 9.93. The molecule has 0 aliphatic heterocycles. The molecule has 0 unspecified atom stereocenters. The molecule has 1 aliphatic carbocycles. The highest BCUT2D eigenvalue weighted by Crippen LogP contribution is 2.26. The van der Waals surface area contributed by atoms with Gasteiger partial charge in [-0.2, -0.15) is 0 Å². The fourth-order valence-corrected chi connectivity index (χ4v) is 4.56. The summed E-state index contributed by atoms with van der Waals surface area (Å²) in [5.41, 5.74) is 1.89. The Morgan fingerprint density at radius 3 is 2.19 bits per heavy atom. The largest absolute Gasteiger partial charge is 0.393 e. The van der Waals surface area contributed by atoms with Crippen LogP contribution in [0.1, 0.15) is 57.8 Å². The molecular formula is C22H25Cl2N3O4. The Bertz CT molecular complexity index is 1020. The van der Waals surface area contributed by atoms with Gasteiger partial charge in [-0.1, -0.05) is 23.2 Å². The second-order valence-electron chi connectivity index (χ2n) is 7.91. The summed E-state index contributed by atoms with van der Waals surface area (Å²) in [5, 5.41) is 15.9. The summed E-state index contributed by atoms with van der Waals surface area (Å²) >= 11 is 12.0. The average molecular weight is 466 g/mol. The van der Waals surface area contributed by atoms with Crippen LogP contribution in [0.3, 0.4) is 0 Å². The SMILES string of the molecule is Cc1c(C(=O)Nc2cc(Cl)cc(Cl)c2)c(C)n(C)c1C(=O)C(=O)N[C@H]1CC[C@@H](O)CC1. The van der Waals surface area contributed by atoms with E-state index >= 15 is 0 Å². The van der Waals surface area contributed by atoms with Crippen LogP contribution in [0.2, 0.25) is 10.0 Å². The van der Waals surface area contributed by atoms with Crippen LogP contribution in [-0.4, -0.2) is 39.4 Å². The molecule has 31 heavy (non-hydrogen) atoms. The molecule has 0 spiro atoms. The van der Waals surface area contributed by atoms with Crippen molar-refractivity contribution < 1.29 is 19.5 Å². The highest BCUT2D eigenvalue weighted by Gasteiger charge is 2.30. The van der Waals surface area contributed by atoms with Gasteiger partial charge < -0.3 is 20.3 Å². The summed E-state index contributed by atoms with van der Waals surface area (Å²) in [6.07, 6.45) is 2.10. The number of nitrogens with zero attached hydrogens (tertiary/aromatic N) is 1. The summed E-state index contributed by atoms with van der Waals surface area (Å²) in [5.74, 6) is -1.83. The molecule has 7 nitrogen and oxygen atoms in total. The molecule has 1 aliphatic rings. The Morgan fingerprint density at radius 1 is 1.03 bits per heavy atom. The molecule has 2 aromatic rings. The lowest BCUT2D eigenvalue weighted by molar-refractivity contribution is -0.118. The number of aromatic nitrogens is 1. The van der Waals surface area contributed by atoms with Gasteiger partial charge in [-0.05, 0) is 63.3 Å². The molecule has 0 atom stereocenters. The van der Waals surface area contributed by atoms with E-state index in [0.717, 1.165) is 0 Å². The predicted molar refractivity (Wildman–Crippen MR) is 120 cm³/mol. The zero-order valence-corrected chi connectivity index (χ0v) is 19.1. The minimum absolute atomic E-state index is 0.142. The van der Waals surface area contributed by atoms with E-state index < -0.39 is 17.6 Å². The predicted octanol–water partition coefficient (Wildman–Crippen LogP) is 3.80. The van der Waals surface area contributed by atoms with Crippen molar-refractivity contribution in [3.63, 3.8) is 0 Å². The summed E-state index contributed by atoms with van der Waals surface area (Å²) in [7, 11) is 1.65. The maximum absolute atomic E-state index is 12.9. The number of rotatable bonds is 5. The number of aliphatic hydroxyl groups excluding tert-OH is 1. The molecule has 166 valence electrons. The average Bonchev–Trinajstić information content (AvgIpc) is 2.90. The summed E-state index contributed by atoms with van der Waals surface area (Å²) in [4.78, 5) is 38.4. The molecule has 0 saturated heterocycles. The highest BCUT2D eigenvalue weighted by atomic mass is 35.5. The molecule has 3 rings (SSSR count). The second kappa shape index (κ2) is 9.42. The van der Waals surface area contributed by atoms with Crippen molar-refractivity contribution in [3.05, 3.63) is 50.8 Å². The normalized spacial score (nSPS) is 18.5. The number of nitrogens with one attached hydrogen (secondary N) is 2. The van der Waals surface area contributed by atoms with E-state index in [0.29, 0.717) is 58.2 Å². The van der Waals surface area contributed by atoms with E-state index in [2.05, 4.69) is 10.6 Å². The van der Waals surface area contributed by atoms with Crippen molar-refractivity contribution in [2.24, 2.45) is 7.05 Å². The van der Waals surface area contributed by atoms with E-state index in [4.69, 9.17) is 23.2 Å². The summed E-state index contributed by atoms with van der Waals surface area (Å²) < 4.78 is 1.56. The fraction of sp³-hybridized carbons (Fsp3) is 0.409. The van der Waals surface area contributed by atoms with Gasteiger partial charge in [0.1, 0.15) is 0 Å². The van der Waals surface area contributed by atoms with E-state index in [1.165, 1.54) is 0 Å². The maximum atomic E-state index is 12.9. The maximum Gasteiger partial charge on any atom is 0.294 e. The van der Waals surface area contributed by atoms with Gasteiger partial charge in [-0.25, -0.2) is 0 Å². The Hall–Kier alpha value is -2.35. The number of benzene rings is 1. The van der Waals surface area contributed by atoms with Crippen molar-refractivity contribution in [1.29, 1.82) is 0 Å². The minimum atomic E-state index is -0.710. The lowest BCUT2D eigenvalue weighted by Gasteiger charge is -2.25. The highest BCUT2D eigenvalue weighted by molar-refractivity contribution is 6.43.